The molecule has 0 radical (unpaired) electrons. The number of ether oxygens (including phenoxy) is 2. The standard InChI is InChI=1S/C14H13N3O4/c18-14(8-1-2-8)15-6-12-16-13(17-21-12)9-3-4-10-11(5-9)20-7-19-10/h3-5,8H,1-2,6-7H2,(H,15,18). The van der Waals surface area contributed by atoms with Crippen molar-refractivity contribution in [3.8, 4) is 22.9 Å². The summed E-state index contributed by atoms with van der Waals surface area (Å²) >= 11 is 0. The van der Waals surface area contributed by atoms with Gasteiger partial charge in [0.05, 0.1) is 6.54 Å². The molecule has 7 nitrogen and oxygen atoms in total. The number of carbonyl (C=O) groups excluding carboxylic acids is 1. The molecule has 1 saturated carbocycles. The lowest BCUT2D eigenvalue weighted by molar-refractivity contribution is -0.122. The summed E-state index contributed by atoms with van der Waals surface area (Å²) in [7, 11) is 0. The van der Waals surface area contributed by atoms with Crippen molar-refractivity contribution in [3.05, 3.63) is 24.1 Å². The Labute approximate surface area is 120 Å². The van der Waals surface area contributed by atoms with Crippen molar-refractivity contribution >= 4 is 5.91 Å². The maximum absolute atomic E-state index is 11.6. The van der Waals surface area contributed by atoms with Gasteiger partial charge in [-0.25, -0.2) is 0 Å². The molecule has 1 fully saturated rings. The monoisotopic (exact) mass is 287 g/mol. The van der Waals surface area contributed by atoms with Gasteiger partial charge in [0.25, 0.3) is 0 Å². The predicted octanol–water partition coefficient (Wildman–Crippen LogP) is 1.49. The Bertz CT molecular complexity index is 693. The van der Waals surface area contributed by atoms with Crippen LogP contribution < -0.4 is 14.8 Å². The van der Waals surface area contributed by atoms with Gasteiger partial charge in [-0.05, 0) is 31.0 Å². The predicted molar refractivity (Wildman–Crippen MR) is 70.4 cm³/mol. The molecule has 0 unspecified atom stereocenters. The molecule has 2 aliphatic rings. The Balaban J connectivity index is 1.47. The largest absolute Gasteiger partial charge is 0.454 e. The third kappa shape index (κ3) is 2.42. The molecule has 1 aliphatic heterocycles. The molecule has 1 aromatic heterocycles. The molecule has 108 valence electrons. The first-order valence-corrected chi connectivity index (χ1v) is 6.80. The number of aromatic nitrogens is 2. The Hall–Kier alpha value is -2.57. The summed E-state index contributed by atoms with van der Waals surface area (Å²) in [4.78, 5) is 15.8. The van der Waals surface area contributed by atoms with E-state index in [0.29, 0.717) is 23.2 Å². The lowest BCUT2D eigenvalue weighted by atomic mass is 10.2. The number of rotatable bonds is 4. The third-order valence-corrected chi connectivity index (χ3v) is 3.46. The van der Waals surface area contributed by atoms with E-state index in [0.717, 1.165) is 18.4 Å². The van der Waals surface area contributed by atoms with Crippen molar-refractivity contribution in [2.24, 2.45) is 5.92 Å². The molecule has 21 heavy (non-hydrogen) atoms. The first kappa shape index (κ1) is 12.2. The number of hydrogen-bond acceptors (Lipinski definition) is 6. The van der Waals surface area contributed by atoms with E-state index in [9.17, 15) is 4.79 Å². The van der Waals surface area contributed by atoms with Crippen molar-refractivity contribution < 1.29 is 18.8 Å². The smallest absolute Gasteiger partial charge is 0.246 e. The molecule has 0 atom stereocenters. The molecule has 7 heteroatoms. The molecule has 1 aromatic carbocycles. The average molecular weight is 287 g/mol. The van der Waals surface area contributed by atoms with Crippen LogP contribution in [0.1, 0.15) is 18.7 Å². The number of carbonyl (C=O) groups is 1. The van der Waals surface area contributed by atoms with Gasteiger partial charge in [0, 0.05) is 11.5 Å². The lowest BCUT2D eigenvalue weighted by Crippen LogP contribution is -2.24. The number of nitrogens with one attached hydrogen (secondary N) is 1. The third-order valence-electron chi connectivity index (χ3n) is 3.46. The number of fused-ring (bicyclic) bond motifs is 1. The normalized spacial score (nSPS) is 16.0. The molecular weight excluding hydrogens is 274 g/mol. The van der Waals surface area contributed by atoms with Gasteiger partial charge in [0.2, 0.25) is 24.4 Å². The lowest BCUT2D eigenvalue weighted by Gasteiger charge is -1.99. The Morgan fingerprint density at radius 1 is 1.29 bits per heavy atom. The fraction of sp³-hybridized carbons (Fsp3) is 0.357. The zero-order valence-electron chi connectivity index (χ0n) is 11.2. The van der Waals surface area contributed by atoms with Crippen LogP contribution in [0.2, 0.25) is 0 Å². The first-order chi connectivity index (χ1) is 10.3. The Morgan fingerprint density at radius 3 is 3.00 bits per heavy atom. The van der Waals surface area contributed by atoms with Gasteiger partial charge in [-0.2, -0.15) is 4.98 Å². The number of amides is 1. The van der Waals surface area contributed by atoms with Gasteiger partial charge < -0.3 is 19.3 Å². The molecule has 1 amide bonds. The maximum Gasteiger partial charge on any atom is 0.246 e. The highest BCUT2D eigenvalue weighted by Gasteiger charge is 2.29. The average Bonchev–Trinajstić information content (AvgIpc) is 3.07. The molecule has 4 rings (SSSR count). The zero-order valence-corrected chi connectivity index (χ0v) is 11.2. The van der Waals surface area contributed by atoms with E-state index in [1.54, 1.807) is 6.07 Å². The van der Waals surface area contributed by atoms with Crippen molar-refractivity contribution in [2.75, 3.05) is 6.79 Å². The first-order valence-electron chi connectivity index (χ1n) is 6.80. The SMILES string of the molecule is O=C(NCc1nc(-c2ccc3c(c2)OCO3)no1)C1CC1. The molecule has 1 aliphatic carbocycles. The quantitative estimate of drug-likeness (QED) is 0.916. The summed E-state index contributed by atoms with van der Waals surface area (Å²) in [6.07, 6.45) is 1.94. The van der Waals surface area contributed by atoms with Crippen molar-refractivity contribution in [3.63, 3.8) is 0 Å². The maximum atomic E-state index is 11.6. The van der Waals surface area contributed by atoms with E-state index in [1.165, 1.54) is 0 Å². The van der Waals surface area contributed by atoms with Crippen LogP contribution in [-0.2, 0) is 11.3 Å². The second-order valence-corrected chi connectivity index (χ2v) is 5.07. The van der Waals surface area contributed by atoms with Crippen LogP contribution in [0, 0.1) is 5.92 Å². The van der Waals surface area contributed by atoms with Gasteiger partial charge >= 0.3 is 0 Å². The molecule has 1 N–H and O–H groups in total. The Morgan fingerprint density at radius 2 is 2.14 bits per heavy atom. The van der Waals surface area contributed by atoms with Gasteiger partial charge in [-0.15, -0.1) is 0 Å². The highest BCUT2D eigenvalue weighted by atomic mass is 16.7. The van der Waals surface area contributed by atoms with Gasteiger partial charge in [0.15, 0.2) is 11.5 Å². The summed E-state index contributed by atoms with van der Waals surface area (Å²) in [5, 5.41) is 6.70. The molecule has 0 saturated heterocycles. The van der Waals surface area contributed by atoms with E-state index >= 15 is 0 Å². The summed E-state index contributed by atoms with van der Waals surface area (Å²) in [6.45, 7) is 0.483. The summed E-state index contributed by atoms with van der Waals surface area (Å²) in [6, 6.07) is 5.45. The number of benzene rings is 1. The number of hydrogen-bond donors (Lipinski definition) is 1. The summed E-state index contributed by atoms with van der Waals surface area (Å²) in [5.74, 6) is 2.44. The molecule has 0 spiro atoms. The van der Waals surface area contributed by atoms with Crippen LogP contribution in [0.25, 0.3) is 11.4 Å². The van der Waals surface area contributed by atoms with Gasteiger partial charge in [-0.3, -0.25) is 4.79 Å². The fourth-order valence-electron chi connectivity index (χ4n) is 2.13. The number of nitrogens with zero attached hydrogens (tertiary/aromatic N) is 2. The van der Waals surface area contributed by atoms with E-state index in [2.05, 4.69) is 15.5 Å². The van der Waals surface area contributed by atoms with Crippen LogP contribution >= 0.6 is 0 Å². The fourth-order valence-corrected chi connectivity index (χ4v) is 2.13. The Kier molecular flexibility index (Phi) is 2.77. The van der Waals surface area contributed by atoms with Crippen LogP contribution in [0.5, 0.6) is 11.5 Å². The minimum Gasteiger partial charge on any atom is -0.454 e. The van der Waals surface area contributed by atoms with Crippen LogP contribution in [-0.4, -0.2) is 22.8 Å². The molecule has 2 aromatic rings. The van der Waals surface area contributed by atoms with Crippen molar-refractivity contribution in [2.45, 2.75) is 19.4 Å². The minimum atomic E-state index is 0.0535. The van der Waals surface area contributed by atoms with Crippen LogP contribution in [0.15, 0.2) is 22.7 Å². The zero-order chi connectivity index (χ0) is 14.2. The van der Waals surface area contributed by atoms with Crippen LogP contribution in [0.3, 0.4) is 0 Å². The summed E-state index contributed by atoms with van der Waals surface area (Å²) in [5.41, 5.74) is 0.780. The molecule has 2 heterocycles. The second-order valence-electron chi connectivity index (χ2n) is 5.07. The van der Waals surface area contributed by atoms with E-state index in [-0.39, 0.29) is 25.2 Å². The van der Waals surface area contributed by atoms with Gasteiger partial charge in [-0.1, -0.05) is 5.16 Å². The van der Waals surface area contributed by atoms with E-state index in [4.69, 9.17) is 14.0 Å². The molecular formula is C14H13N3O4. The van der Waals surface area contributed by atoms with Crippen molar-refractivity contribution in [1.82, 2.24) is 15.5 Å². The highest BCUT2D eigenvalue weighted by molar-refractivity contribution is 5.80. The minimum absolute atomic E-state index is 0.0535. The van der Waals surface area contributed by atoms with Gasteiger partial charge in [0.1, 0.15) is 0 Å². The second kappa shape index (κ2) is 4.76. The summed E-state index contributed by atoms with van der Waals surface area (Å²) < 4.78 is 15.7. The topological polar surface area (TPSA) is 86.5 Å². The highest BCUT2D eigenvalue weighted by Crippen LogP contribution is 2.35. The van der Waals surface area contributed by atoms with E-state index < -0.39 is 0 Å². The van der Waals surface area contributed by atoms with Crippen LogP contribution in [0.4, 0.5) is 0 Å². The molecule has 0 bridgehead atoms. The van der Waals surface area contributed by atoms with Crippen molar-refractivity contribution in [1.29, 1.82) is 0 Å². The van der Waals surface area contributed by atoms with E-state index in [1.807, 2.05) is 12.1 Å².